The summed E-state index contributed by atoms with van der Waals surface area (Å²) in [5, 5.41) is 7.59. The zero-order valence-corrected chi connectivity index (χ0v) is 11.2. The number of rotatable bonds is 2. The fourth-order valence-electron chi connectivity index (χ4n) is 2.92. The molecule has 1 unspecified atom stereocenters. The van der Waals surface area contributed by atoms with Crippen molar-refractivity contribution in [2.24, 2.45) is 0 Å². The van der Waals surface area contributed by atoms with Crippen LogP contribution in [0.1, 0.15) is 41.2 Å². The van der Waals surface area contributed by atoms with Gasteiger partial charge in [-0.25, -0.2) is 0 Å². The summed E-state index contributed by atoms with van der Waals surface area (Å²) in [5.74, 6) is 1.78. The third-order valence-corrected chi connectivity index (χ3v) is 4.13. The molecule has 2 aliphatic heterocycles. The molecule has 1 aromatic carbocycles. The second-order valence-corrected chi connectivity index (χ2v) is 5.46. The third-order valence-electron chi connectivity index (χ3n) is 4.13. The lowest BCUT2D eigenvalue weighted by atomic mass is 9.96. The van der Waals surface area contributed by atoms with Gasteiger partial charge in [-0.3, -0.25) is 0 Å². The van der Waals surface area contributed by atoms with Gasteiger partial charge in [0.05, 0.1) is 12.6 Å². The van der Waals surface area contributed by atoms with Crippen LogP contribution in [0.2, 0.25) is 0 Å². The maximum absolute atomic E-state index is 5.45. The minimum Gasteiger partial charge on any atom is -0.381 e. The van der Waals surface area contributed by atoms with Gasteiger partial charge in [-0.2, -0.15) is 4.98 Å². The number of hydrogen-bond donors (Lipinski definition) is 1. The van der Waals surface area contributed by atoms with E-state index in [1.165, 1.54) is 11.1 Å². The molecule has 0 radical (unpaired) electrons. The van der Waals surface area contributed by atoms with Gasteiger partial charge in [0.1, 0.15) is 0 Å². The number of benzene rings is 1. The highest BCUT2D eigenvalue weighted by Crippen LogP contribution is 2.27. The van der Waals surface area contributed by atoms with E-state index in [4.69, 9.17) is 9.26 Å². The Morgan fingerprint density at radius 3 is 2.95 bits per heavy atom. The van der Waals surface area contributed by atoms with Crippen LogP contribution in [0.25, 0.3) is 0 Å². The Bertz CT molecular complexity index is 605. The molecule has 4 rings (SSSR count). The summed E-state index contributed by atoms with van der Waals surface area (Å²) in [7, 11) is 0. The van der Waals surface area contributed by atoms with Crippen molar-refractivity contribution in [3.8, 4) is 0 Å². The summed E-state index contributed by atoms with van der Waals surface area (Å²) in [6.07, 6.45) is 1.89. The van der Waals surface area contributed by atoms with Crippen molar-refractivity contribution in [2.45, 2.75) is 31.3 Å². The first-order valence-electron chi connectivity index (χ1n) is 7.11. The zero-order chi connectivity index (χ0) is 13.4. The van der Waals surface area contributed by atoms with Crippen LogP contribution in [-0.4, -0.2) is 23.4 Å². The Labute approximate surface area is 117 Å². The number of nitrogens with zero attached hydrogens (tertiary/aromatic N) is 2. The second-order valence-electron chi connectivity index (χ2n) is 5.46. The van der Waals surface area contributed by atoms with E-state index in [0.29, 0.717) is 18.4 Å². The minimum atomic E-state index is 0.119. The largest absolute Gasteiger partial charge is 0.381 e. The Kier molecular flexibility index (Phi) is 3.01. The molecule has 3 heterocycles. The van der Waals surface area contributed by atoms with Crippen LogP contribution in [-0.2, 0) is 17.7 Å². The Hall–Kier alpha value is -1.72. The van der Waals surface area contributed by atoms with Gasteiger partial charge in [-0.05, 0) is 24.0 Å². The molecule has 1 aromatic heterocycles. The van der Waals surface area contributed by atoms with Crippen molar-refractivity contribution in [3.63, 3.8) is 0 Å². The molecule has 2 aliphatic rings. The second kappa shape index (κ2) is 5.00. The van der Waals surface area contributed by atoms with E-state index in [-0.39, 0.29) is 6.04 Å². The standard InChI is InChI=1S/C15H17N3O2/c1-2-4-11-8-16-13(7-10(11)3-1)15-17-14(18-20-15)12-5-6-19-9-12/h1-4,12-13,16H,5-9H2/t12?,13-/m0/s1. The van der Waals surface area contributed by atoms with Gasteiger partial charge in [0.25, 0.3) is 0 Å². The third kappa shape index (κ3) is 2.13. The molecule has 0 bridgehead atoms. The first-order valence-corrected chi connectivity index (χ1v) is 7.11. The van der Waals surface area contributed by atoms with Gasteiger partial charge in [0.15, 0.2) is 5.82 Å². The van der Waals surface area contributed by atoms with Gasteiger partial charge in [0.2, 0.25) is 5.89 Å². The zero-order valence-electron chi connectivity index (χ0n) is 11.2. The molecule has 104 valence electrons. The summed E-state index contributed by atoms with van der Waals surface area (Å²) >= 11 is 0. The predicted octanol–water partition coefficient (Wildman–Crippen LogP) is 1.96. The van der Waals surface area contributed by atoms with Crippen LogP contribution in [0.5, 0.6) is 0 Å². The monoisotopic (exact) mass is 271 g/mol. The summed E-state index contributed by atoms with van der Waals surface area (Å²) in [5.41, 5.74) is 2.72. The molecule has 2 atom stereocenters. The van der Waals surface area contributed by atoms with Crippen LogP contribution in [0.15, 0.2) is 28.8 Å². The van der Waals surface area contributed by atoms with Gasteiger partial charge in [-0.1, -0.05) is 29.4 Å². The highest BCUT2D eigenvalue weighted by atomic mass is 16.5. The molecule has 0 amide bonds. The van der Waals surface area contributed by atoms with Crippen molar-refractivity contribution in [2.75, 3.05) is 13.2 Å². The summed E-state index contributed by atoms with van der Waals surface area (Å²) in [6.45, 7) is 2.36. The SMILES string of the molecule is c1ccc2c(c1)CN[C@H](c1nc(C3CCOC3)no1)C2. The van der Waals surface area contributed by atoms with Gasteiger partial charge >= 0.3 is 0 Å². The van der Waals surface area contributed by atoms with E-state index in [1.807, 2.05) is 0 Å². The van der Waals surface area contributed by atoms with Crippen LogP contribution < -0.4 is 5.32 Å². The molecule has 1 fully saturated rings. The van der Waals surface area contributed by atoms with E-state index in [1.54, 1.807) is 0 Å². The smallest absolute Gasteiger partial charge is 0.244 e. The van der Waals surface area contributed by atoms with Crippen molar-refractivity contribution < 1.29 is 9.26 Å². The Morgan fingerprint density at radius 1 is 1.20 bits per heavy atom. The van der Waals surface area contributed by atoms with Crippen LogP contribution in [0.3, 0.4) is 0 Å². The lowest BCUT2D eigenvalue weighted by Gasteiger charge is -2.23. The average molecular weight is 271 g/mol. The molecule has 5 nitrogen and oxygen atoms in total. The van der Waals surface area contributed by atoms with Crippen molar-refractivity contribution in [3.05, 3.63) is 47.1 Å². The van der Waals surface area contributed by atoms with Crippen molar-refractivity contribution in [1.29, 1.82) is 0 Å². The molecular weight excluding hydrogens is 254 g/mol. The Morgan fingerprint density at radius 2 is 2.10 bits per heavy atom. The number of aromatic nitrogens is 2. The van der Waals surface area contributed by atoms with Crippen LogP contribution >= 0.6 is 0 Å². The van der Waals surface area contributed by atoms with Crippen molar-refractivity contribution >= 4 is 0 Å². The summed E-state index contributed by atoms with van der Waals surface area (Å²) < 4.78 is 10.8. The maximum Gasteiger partial charge on any atom is 0.244 e. The highest BCUT2D eigenvalue weighted by molar-refractivity contribution is 5.30. The van der Waals surface area contributed by atoms with E-state index in [9.17, 15) is 0 Å². The first kappa shape index (κ1) is 12.1. The molecule has 1 N–H and O–H groups in total. The van der Waals surface area contributed by atoms with Gasteiger partial charge in [0, 0.05) is 19.1 Å². The minimum absolute atomic E-state index is 0.119. The van der Waals surface area contributed by atoms with E-state index in [0.717, 1.165) is 31.8 Å². The molecule has 0 spiro atoms. The summed E-state index contributed by atoms with van der Waals surface area (Å²) in [6, 6.07) is 8.61. The highest BCUT2D eigenvalue weighted by Gasteiger charge is 2.27. The topological polar surface area (TPSA) is 60.2 Å². The Balaban J connectivity index is 1.54. The lowest BCUT2D eigenvalue weighted by molar-refractivity contribution is 0.192. The van der Waals surface area contributed by atoms with Gasteiger partial charge in [-0.15, -0.1) is 0 Å². The van der Waals surface area contributed by atoms with E-state index >= 15 is 0 Å². The molecule has 5 heteroatoms. The molecule has 1 saturated heterocycles. The maximum atomic E-state index is 5.45. The average Bonchev–Trinajstić information content (AvgIpc) is 3.17. The number of nitrogens with one attached hydrogen (secondary N) is 1. The molecule has 0 aliphatic carbocycles. The first-order chi connectivity index (χ1) is 9.90. The number of ether oxygens (including phenoxy) is 1. The van der Waals surface area contributed by atoms with Crippen LogP contribution in [0, 0.1) is 0 Å². The van der Waals surface area contributed by atoms with E-state index in [2.05, 4.69) is 39.7 Å². The lowest BCUT2D eigenvalue weighted by Crippen LogP contribution is -2.28. The molecular formula is C15H17N3O2. The number of hydrogen-bond acceptors (Lipinski definition) is 5. The quantitative estimate of drug-likeness (QED) is 0.904. The molecule has 0 saturated carbocycles. The van der Waals surface area contributed by atoms with Gasteiger partial charge < -0.3 is 14.6 Å². The normalized spacial score (nSPS) is 25.6. The van der Waals surface area contributed by atoms with Crippen molar-refractivity contribution in [1.82, 2.24) is 15.5 Å². The predicted molar refractivity (Wildman–Crippen MR) is 72.2 cm³/mol. The molecule has 2 aromatic rings. The fraction of sp³-hybridized carbons (Fsp3) is 0.467. The van der Waals surface area contributed by atoms with E-state index < -0.39 is 0 Å². The number of fused-ring (bicyclic) bond motifs is 1. The summed E-state index contributed by atoms with van der Waals surface area (Å²) in [4.78, 5) is 4.57. The fourth-order valence-corrected chi connectivity index (χ4v) is 2.92. The van der Waals surface area contributed by atoms with Crippen LogP contribution in [0.4, 0.5) is 0 Å². The molecule has 20 heavy (non-hydrogen) atoms.